The van der Waals surface area contributed by atoms with Gasteiger partial charge in [0.15, 0.2) is 5.78 Å². The molecule has 0 spiro atoms. The first-order chi connectivity index (χ1) is 7.74. The van der Waals surface area contributed by atoms with Gasteiger partial charge >= 0.3 is 5.97 Å². The summed E-state index contributed by atoms with van der Waals surface area (Å²) in [5.41, 5.74) is 0.728. The van der Waals surface area contributed by atoms with Crippen LogP contribution in [0.2, 0.25) is 0 Å². The lowest BCUT2D eigenvalue weighted by atomic mass is 9.92. The molecule has 2 rings (SSSR count). The Morgan fingerprint density at radius 1 is 1.25 bits per heavy atom. The van der Waals surface area contributed by atoms with Gasteiger partial charge in [0.25, 0.3) is 0 Å². The van der Waals surface area contributed by atoms with Crippen molar-refractivity contribution in [1.29, 1.82) is 0 Å². The number of methoxy groups -OCH3 is 1. The number of ether oxygens (including phenoxy) is 1. The van der Waals surface area contributed by atoms with Gasteiger partial charge in [0.2, 0.25) is 0 Å². The minimum Gasteiger partial charge on any atom is -0.468 e. The molecular weight excluding hydrogens is 204 g/mol. The number of carbonyl (C=O) groups excluding carboxylic acids is 2. The van der Waals surface area contributed by atoms with Crippen molar-refractivity contribution in [3.05, 3.63) is 35.9 Å². The SMILES string of the molecule is COC(=O)C(C(=O)C1CC1)c1ccccc1. The van der Waals surface area contributed by atoms with Crippen LogP contribution in [0.5, 0.6) is 0 Å². The van der Waals surface area contributed by atoms with E-state index in [1.165, 1.54) is 7.11 Å². The van der Waals surface area contributed by atoms with Gasteiger partial charge in [-0.1, -0.05) is 30.3 Å². The lowest BCUT2D eigenvalue weighted by molar-refractivity contribution is -0.146. The second-order valence-electron chi connectivity index (χ2n) is 4.04. The van der Waals surface area contributed by atoms with Crippen molar-refractivity contribution in [3.63, 3.8) is 0 Å². The molecular formula is C13H14O3. The zero-order chi connectivity index (χ0) is 11.5. The third kappa shape index (κ3) is 2.13. The summed E-state index contributed by atoms with van der Waals surface area (Å²) < 4.78 is 4.71. The lowest BCUT2D eigenvalue weighted by Gasteiger charge is -2.13. The lowest BCUT2D eigenvalue weighted by Crippen LogP contribution is -2.24. The molecule has 1 aromatic rings. The van der Waals surface area contributed by atoms with Gasteiger partial charge in [-0.05, 0) is 18.4 Å². The number of benzene rings is 1. The van der Waals surface area contributed by atoms with Crippen LogP contribution >= 0.6 is 0 Å². The first-order valence-electron chi connectivity index (χ1n) is 5.40. The van der Waals surface area contributed by atoms with Crippen LogP contribution in [0.1, 0.15) is 24.3 Å². The molecule has 1 aliphatic rings. The maximum Gasteiger partial charge on any atom is 0.320 e. The van der Waals surface area contributed by atoms with Crippen LogP contribution in [0.4, 0.5) is 0 Å². The number of hydrogen-bond acceptors (Lipinski definition) is 3. The Morgan fingerprint density at radius 3 is 2.38 bits per heavy atom. The van der Waals surface area contributed by atoms with Crippen molar-refractivity contribution in [1.82, 2.24) is 0 Å². The molecule has 0 amide bonds. The summed E-state index contributed by atoms with van der Waals surface area (Å²) in [6.45, 7) is 0. The second-order valence-corrected chi connectivity index (χ2v) is 4.04. The number of hydrogen-bond donors (Lipinski definition) is 0. The molecule has 0 N–H and O–H groups in total. The predicted molar refractivity (Wildman–Crippen MR) is 58.9 cm³/mol. The molecule has 3 nitrogen and oxygen atoms in total. The van der Waals surface area contributed by atoms with Gasteiger partial charge in [-0.2, -0.15) is 0 Å². The van der Waals surface area contributed by atoms with Crippen molar-refractivity contribution in [3.8, 4) is 0 Å². The van der Waals surface area contributed by atoms with E-state index in [1.807, 2.05) is 18.2 Å². The highest BCUT2D eigenvalue weighted by Crippen LogP contribution is 2.36. The molecule has 16 heavy (non-hydrogen) atoms. The van der Waals surface area contributed by atoms with E-state index in [2.05, 4.69) is 0 Å². The molecule has 1 aliphatic carbocycles. The fourth-order valence-electron chi connectivity index (χ4n) is 1.78. The summed E-state index contributed by atoms with van der Waals surface area (Å²) in [5, 5.41) is 0. The van der Waals surface area contributed by atoms with E-state index >= 15 is 0 Å². The van der Waals surface area contributed by atoms with Crippen LogP contribution in [-0.4, -0.2) is 18.9 Å². The Labute approximate surface area is 94.4 Å². The largest absolute Gasteiger partial charge is 0.468 e. The van der Waals surface area contributed by atoms with Crippen LogP contribution in [0.25, 0.3) is 0 Å². The number of Topliss-reactive ketones (excluding diaryl/α,β-unsaturated/α-hetero) is 1. The number of rotatable bonds is 4. The van der Waals surface area contributed by atoms with Crippen LogP contribution in [-0.2, 0) is 14.3 Å². The summed E-state index contributed by atoms with van der Waals surface area (Å²) in [6, 6.07) is 9.10. The summed E-state index contributed by atoms with van der Waals surface area (Å²) in [4.78, 5) is 23.6. The Bertz CT molecular complexity index is 393. The van der Waals surface area contributed by atoms with E-state index in [4.69, 9.17) is 4.74 Å². The van der Waals surface area contributed by atoms with Gasteiger partial charge in [0, 0.05) is 5.92 Å². The molecule has 1 saturated carbocycles. The molecule has 1 atom stereocenters. The summed E-state index contributed by atoms with van der Waals surface area (Å²) in [5.74, 6) is -1.14. The molecule has 0 heterocycles. The van der Waals surface area contributed by atoms with E-state index < -0.39 is 11.9 Å². The normalized spacial score (nSPS) is 16.6. The topological polar surface area (TPSA) is 43.4 Å². The second kappa shape index (κ2) is 4.47. The number of ketones is 1. The minimum absolute atomic E-state index is 0.00181. The molecule has 0 saturated heterocycles. The zero-order valence-electron chi connectivity index (χ0n) is 9.18. The highest BCUT2D eigenvalue weighted by molar-refractivity contribution is 6.06. The summed E-state index contributed by atoms with van der Waals surface area (Å²) in [6.07, 6.45) is 1.80. The molecule has 3 heteroatoms. The predicted octanol–water partition coefficient (Wildman–Crippen LogP) is 1.92. The average Bonchev–Trinajstić information content (AvgIpc) is 3.14. The van der Waals surface area contributed by atoms with E-state index in [0.29, 0.717) is 0 Å². The Morgan fingerprint density at radius 2 is 1.88 bits per heavy atom. The van der Waals surface area contributed by atoms with Gasteiger partial charge in [-0.3, -0.25) is 9.59 Å². The van der Waals surface area contributed by atoms with Gasteiger partial charge in [0.1, 0.15) is 5.92 Å². The van der Waals surface area contributed by atoms with Crippen molar-refractivity contribution < 1.29 is 14.3 Å². The zero-order valence-corrected chi connectivity index (χ0v) is 9.18. The van der Waals surface area contributed by atoms with Crippen LogP contribution in [0, 0.1) is 5.92 Å². The summed E-state index contributed by atoms with van der Waals surface area (Å²) >= 11 is 0. The van der Waals surface area contributed by atoms with E-state index in [-0.39, 0.29) is 11.7 Å². The van der Waals surface area contributed by atoms with Crippen LogP contribution in [0.3, 0.4) is 0 Å². The Kier molecular flexibility index (Phi) is 3.04. The van der Waals surface area contributed by atoms with Crippen LogP contribution in [0.15, 0.2) is 30.3 Å². The van der Waals surface area contributed by atoms with Crippen molar-refractivity contribution >= 4 is 11.8 Å². The van der Waals surface area contributed by atoms with Crippen molar-refractivity contribution in [2.24, 2.45) is 5.92 Å². The van der Waals surface area contributed by atoms with Gasteiger partial charge < -0.3 is 4.74 Å². The number of esters is 1. The fourth-order valence-corrected chi connectivity index (χ4v) is 1.78. The quantitative estimate of drug-likeness (QED) is 0.573. The van der Waals surface area contributed by atoms with Gasteiger partial charge in [-0.15, -0.1) is 0 Å². The molecule has 0 aromatic heterocycles. The average molecular weight is 218 g/mol. The highest BCUT2D eigenvalue weighted by Gasteiger charge is 2.39. The first-order valence-corrected chi connectivity index (χ1v) is 5.40. The summed E-state index contributed by atoms with van der Waals surface area (Å²) in [7, 11) is 1.32. The van der Waals surface area contributed by atoms with Gasteiger partial charge in [0.05, 0.1) is 7.11 Å². The fraction of sp³-hybridized carbons (Fsp3) is 0.385. The van der Waals surface area contributed by atoms with E-state index in [1.54, 1.807) is 12.1 Å². The molecule has 0 bridgehead atoms. The third-order valence-electron chi connectivity index (χ3n) is 2.83. The molecule has 0 aliphatic heterocycles. The van der Waals surface area contributed by atoms with E-state index in [9.17, 15) is 9.59 Å². The number of carbonyl (C=O) groups is 2. The van der Waals surface area contributed by atoms with E-state index in [0.717, 1.165) is 18.4 Å². The Hall–Kier alpha value is -1.64. The molecule has 1 aromatic carbocycles. The Balaban J connectivity index is 2.27. The molecule has 1 fully saturated rings. The van der Waals surface area contributed by atoms with Crippen LogP contribution < -0.4 is 0 Å². The van der Waals surface area contributed by atoms with Crippen molar-refractivity contribution in [2.75, 3.05) is 7.11 Å². The smallest absolute Gasteiger partial charge is 0.320 e. The first kappa shape index (κ1) is 10.9. The minimum atomic E-state index is -0.737. The molecule has 84 valence electrons. The standard InChI is InChI=1S/C13H14O3/c1-16-13(15)11(12(14)10-7-8-10)9-5-3-2-4-6-9/h2-6,10-11H,7-8H2,1H3. The third-order valence-corrected chi connectivity index (χ3v) is 2.83. The monoisotopic (exact) mass is 218 g/mol. The highest BCUT2D eigenvalue weighted by atomic mass is 16.5. The maximum absolute atomic E-state index is 12.0. The van der Waals surface area contributed by atoms with Crippen molar-refractivity contribution in [2.45, 2.75) is 18.8 Å². The molecule has 0 radical (unpaired) electrons. The molecule has 1 unspecified atom stereocenters. The van der Waals surface area contributed by atoms with Gasteiger partial charge in [-0.25, -0.2) is 0 Å². The maximum atomic E-state index is 12.0.